The molecular formula is C12H12ClIO. The molecule has 0 aliphatic heterocycles. The number of benzene rings is 1. The molecule has 2 rings (SSSR count). The molecule has 1 aromatic carbocycles. The quantitative estimate of drug-likeness (QED) is 0.437. The van der Waals surface area contributed by atoms with E-state index in [0.717, 1.165) is 28.3 Å². The second-order valence-corrected chi connectivity index (χ2v) is 5.84. The highest BCUT2D eigenvalue weighted by Gasteiger charge is 2.25. The van der Waals surface area contributed by atoms with E-state index < -0.39 is 0 Å². The topological polar surface area (TPSA) is 17.1 Å². The van der Waals surface area contributed by atoms with Gasteiger partial charge in [0.05, 0.1) is 0 Å². The third-order valence-corrected chi connectivity index (χ3v) is 4.60. The molecule has 1 unspecified atom stereocenters. The van der Waals surface area contributed by atoms with Crippen molar-refractivity contribution < 1.29 is 4.79 Å². The maximum Gasteiger partial charge on any atom is 0.151 e. The molecule has 0 bridgehead atoms. The second kappa shape index (κ2) is 4.42. The summed E-state index contributed by atoms with van der Waals surface area (Å²) >= 11 is 8.45. The molecule has 3 heteroatoms. The van der Waals surface area contributed by atoms with Crippen molar-refractivity contribution in [3.05, 3.63) is 32.4 Å². The van der Waals surface area contributed by atoms with E-state index in [-0.39, 0.29) is 5.38 Å². The predicted octanol–water partition coefficient (Wildman–Crippen LogP) is 3.45. The Bertz CT molecular complexity index is 403. The lowest BCUT2D eigenvalue weighted by molar-refractivity contribution is 0.112. The number of halogens is 2. The third-order valence-electron chi connectivity index (χ3n) is 3.08. The number of carbonyl (C=O) groups is 1. The maximum atomic E-state index is 11.0. The molecule has 0 saturated heterocycles. The van der Waals surface area contributed by atoms with Crippen LogP contribution in [0, 0.1) is 9.49 Å². The number of carbonyl (C=O) groups excluding carboxylic acids is 1. The van der Waals surface area contributed by atoms with Gasteiger partial charge in [-0.3, -0.25) is 4.79 Å². The first kappa shape index (κ1) is 11.4. The molecule has 2 atom stereocenters. The van der Waals surface area contributed by atoms with E-state index in [1.165, 1.54) is 11.1 Å². The van der Waals surface area contributed by atoms with E-state index in [4.69, 9.17) is 11.6 Å². The fourth-order valence-electron chi connectivity index (χ4n) is 2.10. The van der Waals surface area contributed by atoms with Crippen LogP contribution in [0.1, 0.15) is 28.4 Å². The fraction of sp³-hybridized carbons (Fsp3) is 0.417. The van der Waals surface area contributed by atoms with Crippen LogP contribution in [0.15, 0.2) is 12.1 Å². The summed E-state index contributed by atoms with van der Waals surface area (Å²) in [5, 5.41) is 0.206. The average Bonchev–Trinajstić information content (AvgIpc) is 2.21. The first-order valence-electron chi connectivity index (χ1n) is 5.03. The Morgan fingerprint density at radius 2 is 2.20 bits per heavy atom. The molecule has 0 radical (unpaired) electrons. The van der Waals surface area contributed by atoms with Gasteiger partial charge in [0.25, 0.3) is 0 Å². The molecule has 0 amide bonds. The molecule has 15 heavy (non-hydrogen) atoms. The van der Waals surface area contributed by atoms with Gasteiger partial charge in [-0.2, -0.15) is 0 Å². The summed E-state index contributed by atoms with van der Waals surface area (Å²) in [5.41, 5.74) is 3.32. The Morgan fingerprint density at radius 1 is 1.47 bits per heavy atom. The average molecular weight is 335 g/mol. The molecule has 1 nitrogen and oxygen atoms in total. The van der Waals surface area contributed by atoms with Gasteiger partial charge >= 0.3 is 0 Å². The summed E-state index contributed by atoms with van der Waals surface area (Å²) in [6, 6.07) is 4.11. The standard InChI is InChI=1S/C12H12ClIO/c1-7-4-9-8(5-11(7)13)2-3-12(14)10(9)6-15/h2-3,6-7,11H,4-5H2,1H3/t7-,11?/m0/s1. The minimum Gasteiger partial charge on any atom is -0.298 e. The number of alkyl halides is 1. The molecule has 0 aromatic heterocycles. The lowest BCUT2D eigenvalue weighted by atomic mass is 9.82. The zero-order valence-corrected chi connectivity index (χ0v) is 11.4. The first-order valence-corrected chi connectivity index (χ1v) is 6.54. The Kier molecular flexibility index (Phi) is 3.36. The lowest BCUT2D eigenvalue weighted by Crippen LogP contribution is -2.24. The molecule has 80 valence electrons. The monoisotopic (exact) mass is 334 g/mol. The Balaban J connectivity index is 2.52. The van der Waals surface area contributed by atoms with E-state index in [1.807, 2.05) is 6.07 Å². The van der Waals surface area contributed by atoms with Crippen molar-refractivity contribution in [2.24, 2.45) is 5.92 Å². The van der Waals surface area contributed by atoms with Crippen LogP contribution in [0.25, 0.3) is 0 Å². The van der Waals surface area contributed by atoms with Crippen LogP contribution in [0.3, 0.4) is 0 Å². The Hall–Kier alpha value is -0.0900. The normalized spacial score (nSPS) is 24.7. The van der Waals surface area contributed by atoms with Gasteiger partial charge in [-0.05, 0) is 58.5 Å². The molecule has 0 fully saturated rings. The van der Waals surface area contributed by atoms with E-state index in [0.29, 0.717) is 5.92 Å². The highest BCUT2D eigenvalue weighted by molar-refractivity contribution is 14.1. The maximum absolute atomic E-state index is 11.0. The van der Waals surface area contributed by atoms with Crippen molar-refractivity contribution >= 4 is 40.5 Å². The molecular weight excluding hydrogens is 322 g/mol. The number of fused-ring (bicyclic) bond motifs is 1. The fourth-order valence-corrected chi connectivity index (χ4v) is 2.99. The van der Waals surface area contributed by atoms with Crippen LogP contribution >= 0.6 is 34.2 Å². The molecule has 1 aromatic rings. The van der Waals surface area contributed by atoms with Crippen molar-refractivity contribution in [2.75, 3.05) is 0 Å². The van der Waals surface area contributed by atoms with Crippen LogP contribution in [-0.2, 0) is 12.8 Å². The number of hydrogen-bond donors (Lipinski definition) is 0. The SMILES string of the molecule is C[C@H]1Cc2c(ccc(I)c2C=O)CC1Cl. The highest BCUT2D eigenvalue weighted by Crippen LogP contribution is 2.32. The second-order valence-electron chi connectivity index (χ2n) is 4.12. The Labute approximate surface area is 108 Å². The molecule has 0 spiro atoms. The van der Waals surface area contributed by atoms with Crippen LogP contribution in [0.2, 0.25) is 0 Å². The van der Waals surface area contributed by atoms with Crippen LogP contribution in [0.5, 0.6) is 0 Å². The van der Waals surface area contributed by atoms with Gasteiger partial charge in [0.1, 0.15) is 0 Å². The summed E-state index contributed by atoms with van der Waals surface area (Å²) in [4.78, 5) is 11.0. The molecule has 1 aliphatic rings. The van der Waals surface area contributed by atoms with E-state index in [9.17, 15) is 4.79 Å². The van der Waals surface area contributed by atoms with Crippen molar-refractivity contribution in [3.63, 3.8) is 0 Å². The van der Waals surface area contributed by atoms with E-state index >= 15 is 0 Å². The van der Waals surface area contributed by atoms with Gasteiger partial charge in [0, 0.05) is 14.5 Å². The third kappa shape index (κ3) is 2.07. The molecule has 0 heterocycles. The van der Waals surface area contributed by atoms with Crippen molar-refractivity contribution in [3.8, 4) is 0 Å². The van der Waals surface area contributed by atoms with Crippen molar-refractivity contribution in [1.29, 1.82) is 0 Å². The van der Waals surface area contributed by atoms with E-state index in [2.05, 4.69) is 35.6 Å². The van der Waals surface area contributed by atoms with Crippen LogP contribution < -0.4 is 0 Å². The Morgan fingerprint density at radius 3 is 2.87 bits per heavy atom. The molecule has 1 aliphatic carbocycles. The number of hydrogen-bond acceptors (Lipinski definition) is 1. The van der Waals surface area contributed by atoms with Crippen LogP contribution in [-0.4, -0.2) is 11.7 Å². The number of rotatable bonds is 1. The van der Waals surface area contributed by atoms with Crippen molar-refractivity contribution in [2.45, 2.75) is 25.1 Å². The highest BCUT2D eigenvalue weighted by atomic mass is 127. The van der Waals surface area contributed by atoms with E-state index in [1.54, 1.807) is 0 Å². The van der Waals surface area contributed by atoms with Gasteiger partial charge in [-0.25, -0.2) is 0 Å². The van der Waals surface area contributed by atoms with Gasteiger partial charge in [0.15, 0.2) is 6.29 Å². The minimum absolute atomic E-state index is 0.206. The zero-order valence-electron chi connectivity index (χ0n) is 8.47. The van der Waals surface area contributed by atoms with Gasteiger partial charge in [-0.15, -0.1) is 11.6 Å². The zero-order chi connectivity index (χ0) is 11.0. The van der Waals surface area contributed by atoms with Gasteiger partial charge < -0.3 is 0 Å². The largest absolute Gasteiger partial charge is 0.298 e. The molecule has 0 saturated carbocycles. The summed E-state index contributed by atoms with van der Waals surface area (Å²) in [5.74, 6) is 0.455. The smallest absolute Gasteiger partial charge is 0.151 e. The summed E-state index contributed by atoms with van der Waals surface area (Å²) in [6.07, 6.45) is 2.78. The summed E-state index contributed by atoms with van der Waals surface area (Å²) in [6.45, 7) is 2.15. The van der Waals surface area contributed by atoms with Gasteiger partial charge in [0.2, 0.25) is 0 Å². The summed E-state index contributed by atoms with van der Waals surface area (Å²) < 4.78 is 1.04. The van der Waals surface area contributed by atoms with Crippen LogP contribution in [0.4, 0.5) is 0 Å². The number of aldehydes is 1. The van der Waals surface area contributed by atoms with Gasteiger partial charge in [-0.1, -0.05) is 13.0 Å². The predicted molar refractivity (Wildman–Crippen MR) is 70.8 cm³/mol. The summed E-state index contributed by atoms with van der Waals surface area (Å²) in [7, 11) is 0. The molecule has 0 N–H and O–H groups in total. The van der Waals surface area contributed by atoms with Crippen molar-refractivity contribution in [1.82, 2.24) is 0 Å². The minimum atomic E-state index is 0.206. The first-order chi connectivity index (χ1) is 7.13. The lowest BCUT2D eigenvalue weighted by Gasteiger charge is -2.27.